The lowest BCUT2D eigenvalue weighted by atomic mass is 10.4. The SMILES string of the molecule is C=CCn1c(=S)sc2c(=O)n(CC(=O)NCCC)cnc21. The third kappa shape index (κ3) is 3.27. The van der Waals surface area contributed by atoms with E-state index < -0.39 is 0 Å². The van der Waals surface area contributed by atoms with Gasteiger partial charge in [0.15, 0.2) is 9.60 Å². The van der Waals surface area contributed by atoms with Crippen LogP contribution in [0.4, 0.5) is 0 Å². The summed E-state index contributed by atoms with van der Waals surface area (Å²) in [5.74, 6) is -0.200. The Balaban J connectivity index is 2.39. The van der Waals surface area contributed by atoms with Gasteiger partial charge in [0.05, 0.1) is 0 Å². The number of hydrogen-bond donors (Lipinski definition) is 1. The van der Waals surface area contributed by atoms with E-state index in [0.717, 1.165) is 6.42 Å². The van der Waals surface area contributed by atoms with Gasteiger partial charge in [0.25, 0.3) is 5.56 Å². The van der Waals surface area contributed by atoms with Crippen molar-refractivity contribution in [3.8, 4) is 0 Å². The Hall–Kier alpha value is -1.80. The number of aromatic nitrogens is 3. The van der Waals surface area contributed by atoms with Gasteiger partial charge in [0, 0.05) is 13.1 Å². The maximum absolute atomic E-state index is 12.4. The third-order valence-electron chi connectivity index (χ3n) is 2.84. The number of allylic oxidation sites excluding steroid dienone is 1. The first-order chi connectivity index (χ1) is 10.1. The van der Waals surface area contributed by atoms with Crippen LogP contribution in [-0.4, -0.2) is 26.6 Å². The average molecular weight is 324 g/mol. The number of carbonyl (C=O) groups excluding carboxylic acids is 1. The van der Waals surface area contributed by atoms with Gasteiger partial charge >= 0.3 is 0 Å². The van der Waals surface area contributed by atoms with E-state index in [1.807, 2.05) is 6.92 Å². The number of hydrogen-bond acceptors (Lipinski definition) is 5. The van der Waals surface area contributed by atoms with Gasteiger partial charge in [-0.3, -0.25) is 14.2 Å². The van der Waals surface area contributed by atoms with E-state index in [1.165, 1.54) is 22.2 Å². The fraction of sp³-hybridized carbons (Fsp3) is 0.385. The first-order valence-electron chi connectivity index (χ1n) is 6.54. The normalized spacial score (nSPS) is 10.7. The molecule has 0 fully saturated rings. The summed E-state index contributed by atoms with van der Waals surface area (Å²) in [6.07, 6.45) is 3.94. The van der Waals surface area contributed by atoms with E-state index in [-0.39, 0.29) is 18.0 Å². The Morgan fingerprint density at radius 3 is 3.05 bits per heavy atom. The van der Waals surface area contributed by atoms with Gasteiger partial charge in [-0.15, -0.1) is 6.58 Å². The lowest BCUT2D eigenvalue weighted by molar-refractivity contribution is -0.121. The molecule has 0 saturated heterocycles. The van der Waals surface area contributed by atoms with Crippen LogP contribution in [0.5, 0.6) is 0 Å². The molecule has 2 aromatic rings. The van der Waals surface area contributed by atoms with Gasteiger partial charge < -0.3 is 9.88 Å². The highest BCUT2D eigenvalue weighted by Crippen LogP contribution is 2.17. The minimum atomic E-state index is -0.245. The predicted molar refractivity (Wildman–Crippen MR) is 86.2 cm³/mol. The highest BCUT2D eigenvalue weighted by Gasteiger charge is 2.12. The Bertz CT molecular complexity index is 788. The van der Waals surface area contributed by atoms with Gasteiger partial charge in [0.1, 0.15) is 17.6 Å². The standard InChI is InChI=1S/C13H16N4O2S2/c1-3-5-14-9(18)7-16-8-15-11-10(12(16)19)21-13(20)17(11)6-4-2/h4,8H,2-3,5-7H2,1H3,(H,14,18). The number of nitrogens with one attached hydrogen (secondary N) is 1. The summed E-state index contributed by atoms with van der Waals surface area (Å²) < 4.78 is 4.09. The second-order valence-corrected chi connectivity index (χ2v) is 6.09. The number of fused-ring (bicyclic) bond motifs is 1. The van der Waals surface area contributed by atoms with Crippen molar-refractivity contribution < 1.29 is 4.79 Å². The summed E-state index contributed by atoms with van der Waals surface area (Å²) in [5.41, 5.74) is 0.297. The monoisotopic (exact) mass is 324 g/mol. The molecule has 2 rings (SSSR count). The molecule has 0 radical (unpaired) electrons. The fourth-order valence-electron chi connectivity index (χ4n) is 1.85. The van der Waals surface area contributed by atoms with Crippen molar-refractivity contribution in [3.63, 3.8) is 0 Å². The van der Waals surface area contributed by atoms with E-state index in [1.54, 1.807) is 10.6 Å². The molecule has 2 heterocycles. The number of carbonyl (C=O) groups is 1. The molecule has 8 heteroatoms. The van der Waals surface area contributed by atoms with Crippen LogP contribution in [-0.2, 0) is 17.9 Å². The van der Waals surface area contributed by atoms with Gasteiger partial charge in [-0.25, -0.2) is 4.98 Å². The minimum Gasteiger partial charge on any atom is -0.355 e. The third-order valence-corrected chi connectivity index (χ3v) is 4.27. The Morgan fingerprint density at radius 1 is 1.62 bits per heavy atom. The first kappa shape index (κ1) is 15.6. The zero-order chi connectivity index (χ0) is 15.4. The number of amides is 1. The second-order valence-electron chi connectivity index (χ2n) is 4.45. The summed E-state index contributed by atoms with van der Waals surface area (Å²) in [6.45, 7) is 6.70. The van der Waals surface area contributed by atoms with Crippen LogP contribution in [0.25, 0.3) is 10.3 Å². The molecule has 0 saturated carbocycles. The largest absolute Gasteiger partial charge is 0.355 e. The van der Waals surface area contributed by atoms with E-state index >= 15 is 0 Å². The molecule has 0 aliphatic rings. The highest BCUT2D eigenvalue weighted by molar-refractivity contribution is 7.73. The first-order valence-corrected chi connectivity index (χ1v) is 7.77. The molecule has 2 aromatic heterocycles. The number of thiazole rings is 1. The molecule has 1 N–H and O–H groups in total. The van der Waals surface area contributed by atoms with Crippen LogP contribution in [0.2, 0.25) is 0 Å². The number of rotatable bonds is 6. The zero-order valence-corrected chi connectivity index (χ0v) is 13.3. The molecule has 0 spiro atoms. The Kier molecular flexibility index (Phi) is 5.03. The number of nitrogens with zero attached hydrogens (tertiary/aromatic N) is 3. The Morgan fingerprint density at radius 2 is 2.38 bits per heavy atom. The van der Waals surface area contributed by atoms with Crippen LogP contribution in [0.3, 0.4) is 0 Å². The fourth-order valence-corrected chi connectivity index (χ4v) is 3.17. The van der Waals surface area contributed by atoms with Crippen LogP contribution < -0.4 is 10.9 Å². The second kappa shape index (κ2) is 6.77. The van der Waals surface area contributed by atoms with Gasteiger partial charge in [-0.05, 0) is 18.6 Å². The molecule has 0 aliphatic heterocycles. The van der Waals surface area contributed by atoms with Gasteiger partial charge in [-0.2, -0.15) is 0 Å². The Labute approximate surface area is 130 Å². The summed E-state index contributed by atoms with van der Waals surface area (Å²) in [4.78, 5) is 28.3. The molecular formula is C13H16N4O2S2. The molecular weight excluding hydrogens is 308 g/mol. The summed E-state index contributed by atoms with van der Waals surface area (Å²) in [7, 11) is 0. The van der Waals surface area contributed by atoms with Gasteiger partial charge in [0.2, 0.25) is 5.91 Å². The zero-order valence-electron chi connectivity index (χ0n) is 11.7. The molecule has 21 heavy (non-hydrogen) atoms. The van der Waals surface area contributed by atoms with E-state index in [0.29, 0.717) is 27.4 Å². The van der Waals surface area contributed by atoms with Crippen LogP contribution in [0.15, 0.2) is 23.8 Å². The summed E-state index contributed by atoms with van der Waals surface area (Å²) in [5, 5.41) is 2.73. The molecule has 6 nitrogen and oxygen atoms in total. The molecule has 0 unspecified atom stereocenters. The van der Waals surface area contributed by atoms with Crippen molar-refractivity contribution in [3.05, 3.63) is 33.3 Å². The van der Waals surface area contributed by atoms with Crippen LogP contribution >= 0.6 is 23.6 Å². The lowest BCUT2D eigenvalue weighted by Gasteiger charge is -2.06. The van der Waals surface area contributed by atoms with E-state index in [9.17, 15) is 9.59 Å². The van der Waals surface area contributed by atoms with Crippen LogP contribution in [0.1, 0.15) is 13.3 Å². The molecule has 0 aliphatic carbocycles. The molecule has 112 valence electrons. The van der Waals surface area contributed by atoms with Crippen molar-refractivity contribution in [2.24, 2.45) is 0 Å². The predicted octanol–water partition coefficient (Wildman–Crippen LogP) is 1.70. The molecule has 0 bridgehead atoms. The minimum absolute atomic E-state index is 0.0338. The average Bonchev–Trinajstić information content (AvgIpc) is 2.78. The summed E-state index contributed by atoms with van der Waals surface area (Å²) in [6, 6.07) is 0. The highest BCUT2D eigenvalue weighted by atomic mass is 32.1. The van der Waals surface area contributed by atoms with Crippen molar-refractivity contribution in [1.29, 1.82) is 0 Å². The lowest BCUT2D eigenvalue weighted by Crippen LogP contribution is -2.32. The van der Waals surface area contributed by atoms with Crippen molar-refractivity contribution in [2.45, 2.75) is 26.4 Å². The van der Waals surface area contributed by atoms with Crippen molar-refractivity contribution in [2.75, 3.05) is 6.54 Å². The van der Waals surface area contributed by atoms with Crippen LogP contribution in [0, 0.1) is 3.95 Å². The maximum atomic E-state index is 12.4. The topological polar surface area (TPSA) is 68.9 Å². The van der Waals surface area contributed by atoms with Gasteiger partial charge in [-0.1, -0.05) is 24.3 Å². The molecule has 0 atom stereocenters. The van der Waals surface area contributed by atoms with E-state index in [4.69, 9.17) is 12.2 Å². The van der Waals surface area contributed by atoms with Crippen molar-refractivity contribution in [1.82, 2.24) is 19.4 Å². The molecule has 1 amide bonds. The maximum Gasteiger partial charge on any atom is 0.273 e. The summed E-state index contributed by atoms with van der Waals surface area (Å²) >= 11 is 6.44. The van der Waals surface area contributed by atoms with Crippen molar-refractivity contribution >= 4 is 39.8 Å². The molecule has 0 aromatic carbocycles. The van der Waals surface area contributed by atoms with E-state index in [2.05, 4.69) is 16.9 Å². The smallest absolute Gasteiger partial charge is 0.273 e. The quantitative estimate of drug-likeness (QED) is 0.649.